The standard InChI is InChI=1S/C26H26F3N5O2/c27-26(28,29)18-9-7-8-17(16-18)21-19-10-1-2-11-20(19)31-23(32-21)30-14-5-6-15-34-22(35)25(33-24(34)36)12-3-4-13-25/h1-2,7-11,16H,3-6,12-15H2,(H,33,36)(H,30,31,32). The number of halogens is 3. The SMILES string of the molecule is O=C1NC2(CCCC2)C(=O)N1CCCCNc1nc(-c2cccc(C(F)(F)F)c2)c2ccccc2n1. The molecule has 2 heterocycles. The van der Waals surface area contributed by atoms with Crippen LogP contribution in [0.1, 0.15) is 44.1 Å². The van der Waals surface area contributed by atoms with Gasteiger partial charge in [0.2, 0.25) is 5.95 Å². The summed E-state index contributed by atoms with van der Waals surface area (Å²) in [6, 6.07) is 11.9. The Labute approximate surface area is 206 Å². The van der Waals surface area contributed by atoms with Crippen LogP contribution in [0.15, 0.2) is 48.5 Å². The van der Waals surface area contributed by atoms with E-state index in [2.05, 4.69) is 20.6 Å². The number of hydrogen-bond acceptors (Lipinski definition) is 5. The first-order valence-electron chi connectivity index (χ1n) is 12.1. The molecule has 5 rings (SSSR count). The number of aromatic nitrogens is 2. The van der Waals surface area contributed by atoms with Crippen molar-refractivity contribution in [1.29, 1.82) is 0 Å². The van der Waals surface area contributed by atoms with E-state index in [0.717, 1.165) is 25.0 Å². The summed E-state index contributed by atoms with van der Waals surface area (Å²) in [7, 11) is 0. The molecule has 1 aromatic heterocycles. The molecule has 7 nitrogen and oxygen atoms in total. The molecule has 1 aliphatic heterocycles. The van der Waals surface area contributed by atoms with Crippen LogP contribution in [0.25, 0.3) is 22.2 Å². The Morgan fingerprint density at radius 1 is 1.00 bits per heavy atom. The molecule has 3 aromatic rings. The van der Waals surface area contributed by atoms with E-state index >= 15 is 0 Å². The van der Waals surface area contributed by atoms with Crippen molar-refractivity contribution < 1.29 is 22.8 Å². The molecule has 2 aliphatic rings. The van der Waals surface area contributed by atoms with E-state index in [1.165, 1.54) is 11.0 Å². The number of para-hydroxylation sites is 1. The number of alkyl halides is 3. The molecule has 0 unspecified atom stereocenters. The Morgan fingerprint density at radius 2 is 1.78 bits per heavy atom. The number of nitrogens with one attached hydrogen (secondary N) is 2. The van der Waals surface area contributed by atoms with Gasteiger partial charge in [-0.2, -0.15) is 13.2 Å². The summed E-state index contributed by atoms with van der Waals surface area (Å²) < 4.78 is 39.8. The van der Waals surface area contributed by atoms with Crippen LogP contribution in [0.4, 0.5) is 23.9 Å². The van der Waals surface area contributed by atoms with E-state index in [0.29, 0.717) is 66.9 Å². The largest absolute Gasteiger partial charge is 0.416 e. The molecule has 188 valence electrons. The van der Waals surface area contributed by atoms with Gasteiger partial charge in [0.25, 0.3) is 5.91 Å². The predicted octanol–water partition coefficient (Wildman–Crippen LogP) is 5.37. The zero-order chi connectivity index (χ0) is 25.3. The minimum Gasteiger partial charge on any atom is -0.354 e. The molecule has 0 atom stereocenters. The van der Waals surface area contributed by atoms with E-state index in [-0.39, 0.29) is 11.9 Å². The van der Waals surface area contributed by atoms with Gasteiger partial charge in [-0.3, -0.25) is 9.69 Å². The van der Waals surface area contributed by atoms with Gasteiger partial charge in [-0.1, -0.05) is 43.2 Å². The Bertz CT molecular complexity index is 1300. The lowest BCUT2D eigenvalue weighted by Gasteiger charge is -2.20. The number of hydrogen-bond donors (Lipinski definition) is 2. The number of anilines is 1. The average molecular weight is 498 g/mol. The third-order valence-corrected chi connectivity index (χ3v) is 6.86. The van der Waals surface area contributed by atoms with Gasteiger partial charge in [0.1, 0.15) is 5.54 Å². The van der Waals surface area contributed by atoms with Gasteiger partial charge in [0, 0.05) is 24.0 Å². The van der Waals surface area contributed by atoms with Gasteiger partial charge >= 0.3 is 12.2 Å². The van der Waals surface area contributed by atoms with Crippen LogP contribution >= 0.6 is 0 Å². The zero-order valence-corrected chi connectivity index (χ0v) is 19.6. The molecule has 3 amide bonds. The third kappa shape index (κ3) is 4.59. The van der Waals surface area contributed by atoms with Crippen molar-refractivity contribution in [3.63, 3.8) is 0 Å². The van der Waals surface area contributed by atoms with Gasteiger partial charge in [-0.15, -0.1) is 0 Å². The second-order valence-corrected chi connectivity index (χ2v) is 9.30. The van der Waals surface area contributed by atoms with E-state index in [1.54, 1.807) is 24.3 Å². The molecule has 2 N–H and O–H groups in total. The summed E-state index contributed by atoms with van der Waals surface area (Å²) in [5, 5.41) is 6.67. The molecular formula is C26H26F3N5O2. The van der Waals surface area contributed by atoms with Gasteiger partial charge in [-0.05, 0) is 43.9 Å². The van der Waals surface area contributed by atoms with Crippen LogP contribution in [0.3, 0.4) is 0 Å². The number of fused-ring (bicyclic) bond motifs is 1. The number of carbonyl (C=O) groups is 2. The Kier molecular flexibility index (Phi) is 6.27. The lowest BCUT2D eigenvalue weighted by Crippen LogP contribution is -2.44. The highest BCUT2D eigenvalue weighted by atomic mass is 19.4. The number of nitrogens with zero attached hydrogens (tertiary/aromatic N) is 3. The van der Waals surface area contributed by atoms with Gasteiger partial charge in [0.15, 0.2) is 0 Å². The first-order chi connectivity index (χ1) is 17.3. The molecule has 0 bridgehead atoms. The van der Waals surface area contributed by atoms with Crippen molar-refractivity contribution in [3.05, 3.63) is 54.1 Å². The number of carbonyl (C=O) groups excluding carboxylic acids is 2. The topological polar surface area (TPSA) is 87.2 Å². The summed E-state index contributed by atoms with van der Waals surface area (Å²) in [5.74, 6) is 0.183. The fourth-order valence-electron chi connectivity index (χ4n) is 5.01. The van der Waals surface area contributed by atoms with Crippen LogP contribution < -0.4 is 10.6 Å². The quantitative estimate of drug-likeness (QED) is 0.338. The number of rotatable bonds is 7. The van der Waals surface area contributed by atoms with E-state index in [1.807, 2.05) is 6.07 Å². The molecule has 1 aliphatic carbocycles. The fourth-order valence-corrected chi connectivity index (χ4v) is 5.01. The highest BCUT2D eigenvalue weighted by molar-refractivity contribution is 6.07. The molecule has 36 heavy (non-hydrogen) atoms. The summed E-state index contributed by atoms with van der Waals surface area (Å²) in [4.78, 5) is 35.4. The lowest BCUT2D eigenvalue weighted by atomic mass is 9.98. The number of urea groups is 1. The lowest BCUT2D eigenvalue weighted by molar-refractivity contribution is -0.137. The maximum atomic E-state index is 13.3. The Morgan fingerprint density at radius 3 is 2.56 bits per heavy atom. The maximum Gasteiger partial charge on any atom is 0.416 e. The van der Waals surface area contributed by atoms with Crippen molar-refractivity contribution in [2.24, 2.45) is 0 Å². The van der Waals surface area contributed by atoms with Gasteiger partial charge in [-0.25, -0.2) is 14.8 Å². The van der Waals surface area contributed by atoms with Crippen LogP contribution in [-0.4, -0.2) is 45.4 Å². The molecule has 2 aromatic carbocycles. The second-order valence-electron chi connectivity index (χ2n) is 9.30. The van der Waals surface area contributed by atoms with E-state index < -0.39 is 17.3 Å². The number of benzene rings is 2. The Hall–Kier alpha value is -3.69. The van der Waals surface area contributed by atoms with Crippen molar-refractivity contribution in [2.45, 2.75) is 50.2 Å². The van der Waals surface area contributed by atoms with Gasteiger partial charge in [0.05, 0.1) is 16.8 Å². The summed E-state index contributed by atoms with van der Waals surface area (Å²) >= 11 is 0. The molecule has 1 spiro atoms. The minimum atomic E-state index is -4.45. The molecule has 10 heteroatoms. The molecular weight excluding hydrogens is 471 g/mol. The molecule has 1 saturated carbocycles. The Balaban J connectivity index is 1.26. The smallest absolute Gasteiger partial charge is 0.354 e. The van der Waals surface area contributed by atoms with Crippen molar-refractivity contribution in [3.8, 4) is 11.3 Å². The van der Waals surface area contributed by atoms with E-state index in [4.69, 9.17) is 0 Å². The zero-order valence-electron chi connectivity index (χ0n) is 19.6. The maximum absolute atomic E-state index is 13.3. The average Bonchev–Trinajstić information content (AvgIpc) is 3.42. The highest BCUT2D eigenvalue weighted by Gasteiger charge is 2.51. The highest BCUT2D eigenvalue weighted by Crippen LogP contribution is 2.36. The van der Waals surface area contributed by atoms with Crippen molar-refractivity contribution >= 4 is 28.8 Å². The fraction of sp³-hybridized carbons (Fsp3) is 0.385. The van der Waals surface area contributed by atoms with E-state index in [9.17, 15) is 22.8 Å². The van der Waals surface area contributed by atoms with Crippen molar-refractivity contribution in [2.75, 3.05) is 18.4 Å². The normalized spacial score (nSPS) is 17.2. The first-order valence-corrected chi connectivity index (χ1v) is 12.1. The van der Waals surface area contributed by atoms with Crippen LogP contribution in [-0.2, 0) is 11.0 Å². The van der Waals surface area contributed by atoms with Crippen LogP contribution in [0.5, 0.6) is 0 Å². The molecule has 2 fully saturated rings. The number of amides is 3. The van der Waals surface area contributed by atoms with Crippen LogP contribution in [0, 0.1) is 0 Å². The minimum absolute atomic E-state index is 0.124. The molecule has 1 saturated heterocycles. The monoisotopic (exact) mass is 497 g/mol. The predicted molar refractivity (Wildman–Crippen MR) is 129 cm³/mol. The third-order valence-electron chi connectivity index (χ3n) is 6.86. The number of unbranched alkanes of at least 4 members (excludes halogenated alkanes) is 1. The van der Waals surface area contributed by atoms with Crippen molar-refractivity contribution in [1.82, 2.24) is 20.2 Å². The summed E-state index contributed by atoms with van der Waals surface area (Å²) in [5.41, 5.74) is -0.0596. The summed E-state index contributed by atoms with van der Waals surface area (Å²) in [6.07, 6.45) is 0.0861. The summed E-state index contributed by atoms with van der Waals surface area (Å²) in [6.45, 7) is 0.817. The first kappa shape index (κ1) is 24.0. The number of imide groups is 1. The molecule has 0 radical (unpaired) electrons. The van der Waals surface area contributed by atoms with Gasteiger partial charge < -0.3 is 10.6 Å². The second kappa shape index (κ2) is 9.40. The van der Waals surface area contributed by atoms with Crippen LogP contribution in [0.2, 0.25) is 0 Å².